The SMILES string of the molecule is O=C(O)CS(=O)C(C1CCCCC1)C1CCCCC1. The fourth-order valence-electron chi connectivity index (χ4n) is 3.96. The third-order valence-corrected chi connectivity index (χ3v) is 6.71. The molecule has 0 aromatic carbocycles. The minimum Gasteiger partial charge on any atom is -0.481 e. The Morgan fingerprint density at radius 2 is 1.37 bits per heavy atom. The average Bonchev–Trinajstić information content (AvgIpc) is 2.40. The molecule has 4 heteroatoms. The van der Waals surface area contributed by atoms with Crippen LogP contribution in [-0.2, 0) is 15.6 Å². The van der Waals surface area contributed by atoms with Crippen molar-refractivity contribution in [2.24, 2.45) is 11.8 Å². The molecule has 2 fully saturated rings. The summed E-state index contributed by atoms with van der Waals surface area (Å²) in [4.78, 5) is 10.9. The number of carboxylic acid groups (broad SMARTS) is 1. The molecule has 19 heavy (non-hydrogen) atoms. The maximum atomic E-state index is 12.5. The summed E-state index contributed by atoms with van der Waals surface area (Å²) in [7, 11) is -1.18. The summed E-state index contributed by atoms with van der Waals surface area (Å²) in [6, 6.07) is 0. The predicted molar refractivity (Wildman–Crippen MR) is 77.6 cm³/mol. The number of hydrogen-bond donors (Lipinski definition) is 1. The summed E-state index contributed by atoms with van der Waals surface area (Å²) in [6.07, 6.45) is 12.2. The summed E-state index contributed by atoms with van der Waals surface area (Å²) in [6.45, 7) is 0. The average molecular weight is 286 g/mol. The second-order valence-corrected chi connectivity index (χ2v) is 7.77. The van der Waals surface area contributed by atoms with Gasteiger partial charge >= 0.3 is 5.97 Å². The van der Waals surface area contributed by atoms with E-state index >= 15 is 0 Å². The third kappa shape index (κ3) is 4.30. The van der Waals surface area contributed by atoms with Gasteiger partial charge in [0.25, 0.3) is 0 Å². The van der Waals surface area contributed by atoms with Crippen LogP contribution in [-0.4, -0.2) is 26.3 Å². The van der Waals surface area contributed by atoms with Crippen molar-refractivity contribution in [2.45, 2.75) is 69.5 Å². The number of hydrogen-bond acceptors (Lipinski definition) is 2. The molecule has 0 amide bonds. The molecule has 0 heterocycles. The Balaban J connectivity index is 2.06. The summed E-state index contributed by atoms with van der Waals surface area (Å²) >= 11 is 0. The Labute approximate surface area is 118 Å². The Hall–Kier alpha value is -0.380. The highest BCUT2D eigenvalue weighted by Gasteiger charge is 2.36. The van der Waals surface area contributed by atoms with Gasteiger partial charge in [-0.2, -0.15) is 0 Å². The topological polar surface area (TPSA) is 54.4 Å². The molecule has 2 aliphatic carbocycles. The first kappa shape index (κ1) is 15.0. The summed E-state index contributed by atoms with van der Waals surface area (Å²) < 4.78 is 12.5. The van der Waals surface area contributed by atoms with Crippen LogP contribution in [0.15, 0.2) is 0 Å². The van der Waals surface area contributed by atoms with Crippen LogP contribution >= 0.6 is 0 Å². The van der Waals surface area contributed by atoms with Gasteiger partial charge in [-0.15, -0.1) is 0 Å². The quantitative estimate of drug-likeness (QED) is 0.843. The highest BCUT2D eigenvalue weighted by molar-refractivity contribution is 7.86. The Morgan fingerprint density at radius 1 is 0.947 bits per heavy atom. The Kier molecular flexibility index (Phi) is 5.86. The Bertz CT molecular complexity index is 299. The van der Waals surface area contributed by atoms with Crippen molar-refractivity contribution < 1.29 is 14.1 Å². The monoisotopic (exact) mass is 286 g/mol. The maximum Gasteiger partial charge on any atom is 0.316 e. The smallest absolute Gasteiger partial charge is 0.316 e. The maximum absolute atomic E-state index is 12.5. The van der Waals surface area contributed by atoms with Gasteiger partial charge in [0.15, 0.2) is 0 Å². The lowest BCUT2D eigenvalue weighted by Gasteiger charge is -2.36. The van der Waals surface area contributed by atoms with E-state index in [4.69, 9.17) is 5.11 Å². The van der Waals surface area contributed by atoms with Crippen molar-refractivity contribution in [1.82, 2.24) is 0 Å². The van der Waals surface area contributed by atoms with Crippen molar-refractivity contribution in [3.05, 3.63) is 0 Å². The first-order chi connectivity index (χ1) is 9.18. The van der Waals surface area contributed by atoms with Gasteiger partial charge < -0.3 is 5.11 Å². The molecule has 2 saturated carbocycles. The van der Waals surface area contributed by atoms with E-state index in [2.05, 4.69) is 0 Å². The van der Waals surface area contributed by atoms with Crippen LogP contribution in [0, 0.1) is 11.8 Å². The number of carboxylic acids is 1. The molecule has 3 nitrogen and oxygen atoms in total. The zero-order chi connectivity index (χ0) is 13.7. The lowest BCUT2D eigenvalue weighted by Crippen LogP contribution is -2.38. The molecule has 1 atom stereocenters. The van der Waals surface area contributed by atoms with Crippen LogP contribution in [0.2, 0.25) is 0 Å². The van der Waals surface area contributed by atoms with E-state index in [1.54, 1.807) is 0 Å². The van der Waals surface area contributed by atoms with E-state index in [1.807, 2.05) is 0 Å². The summed E-state index contributed by atoms with van der Waals surface area (Å²) in [5.74, 6) is -0.0403. The van der Waals surface area contributed by atoms with E-state index in [0.717, 1.165) is 25.7 Å². The van der Waals surface area contributed by atoms with Crippen LogP contribution in [0.4, 0.5) is 0 Å². The van der Waals surface area contributed by atoms with Crippen LogP contribution in [0.25, 0.3) is 0 Å². The third-order valence-electron chi connectivity index (χ3n) is 4.80. The number of rotatable bonds is 5. The van der Waals surface area contributed by atoms with Crippen LogP contribution in [0.3, 0.4) is 0 Å². The molecule has 0 aromatic rings. The van der Waals surface area contributed by atoms with Crippen molar-refractivity contribution in [3.8, 4) is 0 Å². The van der Waals surface area contributed by atoms with Gasteiger partial charge in [-0.1, -0.05) is 38.5 Å². The zero-order valence-corrected chi connectivity index (χ0v) is 12.5. The molecule has 2 aliphatic rings. The van der Waals surface area contributed by atoms with Crippen molar-refractivity contribution in [1.29, 1.82) is 0 Å². The van der Waals surface area contributed by atoms with Crippen molar-refractivity contribution >= 4 is 16.8 Å². The van der Waals surface area contributed by atoms with E-state index < -0.39 is 16.8 Å². The van der Waals surface area contributed by atoms with Crippen LogP contribution in [0.5, 0.6) is 0 Å². The number of aliphatic carboxylic acids is 1. The molecule has 110 valence electrons. The van der Waals surface area contributed by atoms with Gasteiger partial charge in [-0.3, -0.25) is 9.00 Å². The lowest BCUT2D eigenvalue weighted by atomic mass is 9.77. The highest BCUT2D eigenvalue weighted by Crippen LogP contribution is 2.38. The first-order valence-corrected chi connectivity index (χ1v) is 9.15. The van der Waals surface area contributed by atoms with E-state index in [0.29, 0.717) is 11.8 Å². The normalized spacial score (nSPS) is 24.5. The molecule has 0 aliphatic heterocycles. The van der Waals surface area contributed by atoms with Crippen LogP contribution < -0.4 is 0 Å². The van der Waals surface area contributed by atoms with Gasteiger partial charge in [-0.05, 0) is 37.5 Å². The molecular formula is C15H26O3S. The summed E-state index contributed by atoms with van der Waals surface area (Å²) in [5.41, 5.74) is 0. The van der Waals surface area contributed by atoms with E-state index in [-0.39, 0.29) is 11.0 Å². The van der Waals surface area contributed by atoms with Gasteiger partial charge in [0.2, 0.25) is 0 Å². The summed E-state index contributed by atoms with van der Waals surface area (Å²) in [5, 5.41) is 9.09. The van der Waals surface area contributed by atoms with Crippen molar-refractivity contribution in [2.75, 3.05) is 5.75 Å². The first-order valence-electron chi connectivity index (χ1n) is 7.77. The molecule has 0 aromatic heterocycles. The van der Waals surface area contributed by atoms with Gasteiger partial charge in [0.05, 0.1) is 0 Å². The predicted octanol–water partition coefficient (Wildman–Crippen LogP) is 3.35. The van der Waals surface area contributed by atoms with Crippen LogP contribution in [0.1, 0.15) is 64.2 Å². The molecule has 0 spiro atoms. The largest absolute Gasteiger partial charge is 0.481 e. The lowest BCUT2D eigenvalue weighted by molar-refractivity contribution is -0.134. The molecule has 2 rings (SSSR count). The zero-order valence-electron chi connectivity index (χ0n) is 11.7. The molecule has 0 saturated heterocycles. The van der Waals surface area contributed by atoms with E-state index in [1.165, 1.54) is 38.5 Å². The molecular weight excluding hydrogens is 260 g/mol. The second-order valence-electron chi connectivity index (χ2n) is 6.18. The molecule has 1 N–H and O–H groups in total. The minimum absolute atomic E-state index is 0.150. The van der Waals surface area contributed by atoms with Gasteiger partial charge in [0.1, 0.15) is 5.75 Å². The van der Waals surface area contributed by atoms with E-state index in [9.17, 15) is 9.00 Å². The molecule has 1 unspecified atom stereocenters. The molecule has 0 bridgehead atoms. The molecule has 0 radical (unpaired) electrons. The highest BCUT2D eigenvalue weighted by atomic mass is 32.2. The van der Waals surface area contributed by atoms with Crippen molar-refractivity contribution in [3.63, 3.8) is 0 Å². The second kappa shape index (κ2) is 7.41. The van der Waals surface area contributed by atoms with Gasteiger partial charge in [0, 0.05) is 16.0 Å². The van der Waals surface area contributed by atoms with Gasteiger partial charge in [-0.25, -0.2) is 0 Å². The fourth-order valence-corrected chi connectivity index (χ4v) is 5.80. The Morgan fingerprint density at radius 3 is 1.74 bits per heavy atom. The minimum atomic E-state index is -1.18. The fraction of sp³-hybridized carbons (Fsp3) is 0.933. The standard InChI is InChI=1S/C15H26O3S/c16-14(17)11-19(18)15(12-7-3-1-4-8-12)13-9-5-2-6-10-13/h12-13,15H,1-11H2,(H,16,17). The number of carbonyl (C=O) groups is 1.